The quantitative estimate of drug-likeness (QED) is 0.903. The molecule has 0 aliphatic rings. The van der Waals surface area contributed by atoms with Crippen molar-refractivity contribution in [1.29, 1.82) is 0 Å². The van der Waals surface area contributed by atoms with Gasteiger partial charge in [-0.1, -0.05) is 22.9 Å². The summed E-state index contributed by atoms with van der Waals surface area (Å²) in [4.78, 5) is 0. The van der Waals surface area contributed by atoms with Crippen LogP contribution in [-0.4, -0.2) is 23.6 Å². The number of hydrogen-bond acceptors (Lipinski definition) is 3. The van der Waals surface area contributed by atoms with Crippen molar-refractivity contribution >= 4 is 27.7 Å². The highest BCUT2D eigenvalue weighted by Crippen LogP contribution is 2.28. The normalized spacial score (nSPS) is 14.6. The molecule has 0 aliphatic heterocycles. The number of methoxy groups -OCH3 is 1. The number of ether oxygens (including phenoxy) is 1. The van der Waals surface area contributed by atoms with Gasteiger partial charge in [0.05, 0.1) is 13.2 Å². The molecule has 0 amide bonds. The third-order valence-electron chi connectivity index (χ3n) is 2.43. The van der Waals surface area contributed by atoms with E-state index in [0.29, 0.717) is 0 Å². The molecule has 0 heterocycles. The molecule has 0 aliphatic carbocycles. The summed E-state index contributed by atoms with van der Waals surface area (Å²) in [7, 11) is 1.67. The Morgan fingerprint density at radius 1 is 1.44 bits per heavy atom. The van der Waals surface area contributed by atoms with Crippen molar-refractivity contribution in [3.05, 3.63) is 28.2 Å². The van der Waals surface area contributed by atoms with E-state index < -0.39 is 0 Å². The Hall–Kier alpha value is -0.190. The van der Waals surface area contributed by atoms with E-state index in [9.17, 15) is 5.11 Å². The molecule has 0 saturated heterocycles. The molecular weight excluding hydrogens is 288 g/mol. The first-order valence-electron chi connectivity index (χ1n) is 5.16. The van der Waals surface area contributed by atoms with Gasteiger partial charge in [-0.2, -0.15) is 11.8 Å². The van der Waals surface area contributed by atoms with Gasteiger partial charge in [-0.3, -0.25) is 0 Å². The Morgan fingerprint density at radius 3 is 2.69 bits per heavy atom. The minimum absolute atomic E-state index is 0.234. The predicted octanol–water partition coefficient (Wildman–Crippen LogP) is 3.46. The lowest BCUT2D eigenvalue weighted by Gasteiger charge is -2.15. The van der Waals surface area contributed by atoms with Crippen LogP contribution in [0.15, 0.2) is 22.7 Å². The number of hydrogen-bond donors (Lipinski definition) is 1. The maximum absolute atomic E-state index is 9.41. The lowest BCUT2D eigenvalue weighted by molar-refractivity contribution is 0.196. The smallest absolute Gasteiger partial charge is 0.119 e. The standard InChI is InChI=1S/C12H17BrO2S/c1-8(14)9(2)16-7-10-6-11(15-3)4-5-12(10)13/h4-6,8-9,14H,7H2,1-3H3. The summed E-state index contributed by atoms with van der Waals surface area (Å²) in [5, 5.41) is 9.65. The molecule has 16 heavy (non-hydrogen) atoms. The second-order valence-electron chi connectivity index (χ2n) is 3.71. The number of rotatable bonds is 5. The molecular formula is C12H17BrO2S. The second-order valence-corrected chi connectivity index (χ2v) is 5.93. The zero-order valence-electron chi connectivity index (χ0n) is 9.74. The van der Waals surface area contributed by atoms with Gasteiger partial charge in [0, 0.05) is 15.5 Å². The van der Waals surface area contributed by atoms with Crippen molar-refractivity contribution in [3.8, 4) is 5.75 Å². The monoisotopic (exact) mass is 304 g/mol. The van der Waals surface area contributed by atoms with Crippen LogP contribution in [-0.2, 0) is 5.75 Å². The minimum atomic E-state index is -0.283. The zero-order chi connectivity index (χ0) is 12.1. The molecule has 0 fully saturated rings. The van der Waals surface area contributed by atoms with Crippen LogP contribution < -0.4 is 4.74 Å². The maximum Gasteiger partial charge on any atom is 0.119 e. The zero-order valence-corrected chi connectivity index (χ0v) is 12.1. The minimum Gasteiger partial charge on any atom is -0.497 e. The summed E-state index contributed by atoms with van der Waals surface area (Å²) in [6.45, 7) is 3.85. The van der Waals surface area contributed by atoms with Crippen LogP contribution in [0.5, 0.6) is 5.75 Å². The van der Waals surface area contributed by atoms with Crippen molar-refractivity contribution in [2.45, 2.75) is 31.0 Å². The van der Waals surface area contributed by atoms with Crippen LogP contribution >= 0.6 is 27.7 Å². The van der Waals surface area contributed by atoms with Gasteiger partial charge in [-0.05, 0) is 30.7 Å². The van der Waals surface area contributed by atoms with Crippen LogP contribution in [0.25, 0.3) is 0 Å². The number of aliphatic hydroxyl groups excluding tert-OH is 1. The van der Waals surface area contributed by atoms with Crippen LogP contribution in [0.1, 0.15) is 19.4 Å². The molecule has 1 aromatic carbocycles. The van der Waals surface area contributed by atoms with Gasteiger partial charge in [-0.15, -0.1) is 0 Å². The van der Waals surface area contributed by atoms with E-state index in [0.717, 1.165) is 16.0 Å². The fourth-order valence-corrected chi connectivity index (χ4v) is 2.68. The summed E-state index contributed by atoms with van der Waals surface area (Å²) in [6, 6.07) is 5.93. The molecule has 90 valence electrons. The average Bonchev–Trinajstić information content (AvgIpc) is 2.27. The molecule has 0 bridgehead atoms. The summed E-state index contributed by atoms with van der Waals surface area (Å²) < 4.78 is 6.27. The first-order chi connectivity index (χ1) is 7.54. The molecule has 4 heteroatoms. The lowest BCUT2D eigenvalue weighted by Crippen LogP contribution is -2.15. The highest BCUT2D eigenvalue weighted by molar-refractivity contribution is 9.10. The van der Waals surface area contributed by atoms with Crippen LogP contribution in [0.3, 0.4) is 0 Å². The van der Waals surface area contributed by atoms with E-state index in [1.54, 1.807) is 18.9 Å². The summed E-state index contributed by atoms with van der Waals surface area (Å²) in [6.07, 6.45) is -0.283. The Kier molecular flexibility index (Phi) is 5.66. The van der Waals surface area contributed by atoms with Gasteiger partial charge in [0.1, 0.15) is 5.75 Å². The van der Waals surface area contributed by atoms with Crippen molar-refractivity contribution in [2.24, 2.45) is 0 Å². The van der Waals surface area contributed by atoms with Gasteiger partial charge >= 0.3 is 0 Å². The van der Waals surface area contributed by atoms with Gasteiger partial charge in [0.15, 0.2) is 0 Å². The Morgan fingerprint density at radius 2 is 2.12 bits per heavy atom. The Balaban J connectivity index is 2.65. The van der Waals surface area contributed by atoms with Crippen molar-refractivity contribution in [3.63, 3.8) is 0 Å². The highest BCUT2D eigenvalue weighted by atomic mass is 79.9. The molecule has 2 nitrogen and oxygen atoms in total. The van der Waals surface area contributed by atoms with E-state index in [1.807, 2.05) is 32.0 Å². The first-order valence-corrected chi connectivity index (χ1v) is 7.01. The molecule has 2 atom stereocenters. The molecule has 1 aromatic rings. The summed E-state index contributed by atoms with van der Waals surface area (Å²) >= 11 is 5.25. The number of aliphatic hydroxyl groups is 1. The number of halogens is 1. The van der Waals surface area contributed by atoms with Gasteiger partial charge < -0.3 is 9.84 Å². The summed E-state index contributed by atoms with van der Waals surface area (Å²) in [5.74, 6) is 1.73. The topological polar surface area (TPSA) is 29.5 Å². The van der Waals surface area contributed by atoms with Gasteiger partial charge in [0.25, 0.3) is 0 Å². The van der Waals surface area contributed by atoms with E-state index in [1.165, 1.54) is 5.56 Å². The fourth-order valence-electron chi connectivity index (χ4n) is 1.15. The summed E-state index contributed by atoms with van der Waals surface area (Å²) in [5.41, 5.74) is 1.19. The van der Waals surface area contributed by atoms with Crippen LogP contribution in [0, 0.1) is 0 Å². The maximum atomic E-state index is 9.41. The Labute approximate surface area is 110 Å². The van der Waals surface area contributed by atoms with E-state index in [2.05, 4.69) is 15.9 Å². The molecule has 0 aromatic heterocycles. The molecule has 0 radical (unpaired) electrons. The van der Waals surface area contributed by atoms with Crippen molar-refractivity contribution in [2.75, 3.05) is 7.11 Å². The van der Waals surface area contributed by atoms with Crippen molar-refractivity contribution in [1.82, 2.24) is 0 Å². The van der Waals surface area contributed by atoms with Gasteiger partial charge in [-0.25, -0.2) is 0 Å². The van der Waals surface area contributed by atoms with E-state index in [4.69, 9.17) is 4.74 Å². The fraction of sp³-hybridized carbons (Fsp3) is 0.500. The van der Waals surface area contributed by atoms with Crippen LogP contribution in [0.2, 0.25) is 0 Å². The third-order valence-corrected chi connectivity index (χ3v) is 4.60. The lowest BCUT2D eigenvalue weighted by atomic mass is 10.2. The molecule has 0 saturated carbocycles. The largest absolute Gasteiger partial charge is 0.497 e. The second kappa shape index (κ2) is 6.52. The average molecular weight is 305 g/mol. The number of benzene rings is 1. The van der Waals surface area contributed by atoms with Crippen LogP contribution in [0.4, 0.5) is 0 Å². The molecule has 0 spiro atoms. The SMILES string of the molecule is COc1ccc(Br)c(CSC(C)C(C)O)c1. The first kappa shape index (κ1) is 13.9. The molecule has 2 unspecified atom stereocenters. The van der Waals surface area contributed by atoms with E-state index in [-0.39, 0.29) is 11.4 Å². The van der Waals surface area contributed by atoms with Crippen molar-refractivity contribution < 1.29 is 9.84 Å². The molecule has 1 rings (SSSR count). The van der Waals surface area contributed by atoms with Gasteiger partial charge in [0.2, 0.25) is 0 Å². The Bertz CT molecular complexity index is 342. The highest BCUT2D eigenvalue weighted by Gasteiger charge is 2.10. The number of thioether (sulfide) groups is 1. The third kappa shape index (κ3) is 4.00. The van der Waals surface area contributed by atoms with E-state index >= 15 is 0 Å². The molecule has 1 N–H and O–H groups in total. The predicted molar refractivity (Wildman–Crippen MR) is 73.1 cm³/mol.